The second kappa shape index (κ2) is 4.86. The second-order valence-corrected chi connectivity index (χ2v) is 6.27. The van der Waals surface area contributed by atoms with Gasteiger partial charge in [0.1, 0.15) is 10.1 Å². The van der Waals surface area contributed by atoms with Crippen molar-refractivity contribution < 1.29 is 4.79 Å². The molecule has 1 amide bonds. The molecule has 0 unspecified atom stereocenters. The normalized spacial score (nSPS) is 18.3. The van der Waals surface area contributed by atoms with Crippen LogP contribution < -0.4 is 11.1 Å². The molecule has 0 atom stereocenters. The van der Waals surface area contributed by atoms with Crippen molar-refractivity contribution in [3.05, 3.63) is 28.4 Å². The molecule has 1 aromatic heterocycles. The van der Waals surface area contributed by atoms with E-state index in [0.29, 0.717) is 11.1 Å². The highest BCUT2D eigenvalue weighted by molar-refractivity contribution is 9.10. The molecule has 1 aromatic carbocycles. The van der Waals surface area contributed by atoms with Gasteiger partial charge in [-0.25, -0.2) is 0 Å². The molecule has 1 aliphatic heterocycles. The number of hydrogen-bond donors (Lipinski definition) is 2. The maximum atomic E-state index is 11.5. The summed E-state index contributed by atoms with van der Waals surface area (Å²) in [4.78, 5) is 11.5. The number of aromatic nitrogens is 2. The van der Waals surface area contributed by atoms with E-state index < -0.39 is 5.91 Å². The van der Waals surface area contributed by atoms with Crippen molar-refractivity contribution in [2.45, 2.75) is 25.3 Å². The molecule has 0 aliphatic carbocycles. The Morgan fingerprint density at radius 2 is 2.15 bits per heavy atom. The average Bonchev–Trinajstić information content (AvgIpc) is 2.78. The van der Waals surface area contributed by atoms with Crippen molar-refractivity contribution >= 4 is 32.7 Å². The zero-order valence-corrected chi connectivity index (χ0v) is 12.9. The minimum Gasteiger partial charge on any atom is -0.366 e. The van der Waals surface area contributed by atoms with Crippen molar-refractivity contribution in [2.75, 3.05) is 13.1 Å². The number of rotatable bonds is 2. The van der Waals surface area contributed by atoms with Crippen LogP contribution in [0.3, 0.4) is 0 Å². The highest BCUT2D eigenvalue weighted by Crippen LogP contribution is 2.34. The predicted octanol–water partition coefficient (Wildman–Crippen LogP) is 2.00. The Kier molecular flexibility index (Phi) is 3.30. The van der Waals surface area contributed by atoms with E-state index in [4.69, 9.17) is 5.73 Å². The molecule has 1 fully saturated rings. The lowest BCUT2D eigenvalue weighted by Crippen LogP contribution is -2.42. The Hall–Kier alpha value is -1.40. The topological polar surface area (TPSA) is 72.9 Å². The van der Waals surface area contributed by atoms with Gasteiger partial charge in [-0.1, -0.05) is 6.07 Å². The number of nitrogens with zero attached hydrogens (tertiary/aromatic N) is 2. The molecule has 0 radical (unpaired) electrons. The second-order valence-electron chi connectivity index (χ2n) is 5.52. The molecule has 0 bridgehead atoms. The van der Waals surface area contributed by atoms with E-state index in [1.807, 2.05) is 16.8 Å². The zero-order chi connectivity index (χ0) is 14.3. The first-order valence-electron chi connectivity index (χ1n) is 6.71. The fourth-order valence-corrected chi connectivity index (χ4v) is 3.64. The number of hydrogen-bond acceptors (Lipinski definition) is 3. The maximum absolute atomic E-state index is 11.5. The molecule has 5 nitrogen and oxygen atoms in total. The largest absolute Gasteiger partial charge is 0.366 e. The molecule has 0 saturated carbocycles. The molecule has 1 saturated heterocycles. The van der Waals surface area contributed by atoms with Gasteiger partial charge in [0.2, 0.25) is 0 Å². The summed E-state index contributed by atoms with van der Waals surface area (Å²) in [5, 5.41) is 8.96. The fourth-order valence-electron chi connectivity index (χ4n) is 2.81. The summed E-state index contributed by atoms with van der Waals surface area (Å²) < 4.78 is 2.92. The SMILES string of the molecule is CC1(n2nc3c(C(N)=O)cccc3c2Br)CCNCC1. The Morgan fingerprint density at radius 3 is 2.80 bits per heavy atom. The lowest BCUT2D eigenvalue weighted by atomic mass is 9.91. The predicted molar refractivity (Wildman–Crippen MR) is 81.7 cm³/mol. The number of primary amides is 1. The van der Waals surface area contributed by atoms with Crippen LogP contribution in [0.1, 0.15) is 30.1 Å². The van der Waals surface area contributed by atoms with E-state index in [9.17, 15) is 4.79 Å². The summed E-state index contributed by atoms with van der Waals surface area (Å²) >= 11 is 3.63. The average molecular weight is 337 g/mol. The Bertz CT molecular complexity index is 673. The van der Waals surface area contributed by atoms with E-state index in [1.54, 1.807) is 6.07 Å². The number of amides is 1. The third-order valence-electron chi connectivity index (χ3n) is 4.10. The van der Waals surface area contributed by atoms with Crippen molar-refractivity contribution in [1.82, 2.24) is 15.1 Å². The third kappa shape index (κ3) is 2.03. The molecular weight excluding hydrogens is 320 g/mol. The lowest BCUT2D eigenvalue weighted by Gasteiger charge is -2.35. The van der Waals surface area contributed by atoms with Crippen LogP contribution in [0, 0.1) is 0 Å². The highest BCUT2D eigenvalue weighted by atomic mass is 79.9. The van der Waals surface area contributed by atoms with Gasteiger partial charge in [-0.3, -0.25) is 9.48 Å². The first-order chi connectivity index (χ1) is 9.53. The monoisotopic (exact) mass is 336 g/mol. The number of nitrogens with two attached hydrogens (primary N) is 1. The van der Waals surface area contributed by atoms with Crippen LogP contribution in [0.4, 0.5) is 0 Å². The quantitative estimate of drug-likeness (QED) is 0.880. The Labute approximate surface area is 125 Å². The van der Waals surface area contributed by atoms with Crippen LogP contribution in [0.15, 0.2) is 22.8 Å². The van der Waals surface area contributed by atoms with Crippen LogP contribution in [0.2, 0.25) is 0 Å². The summed E-state index contributed by atoms with van der Waals surface area (Å²) in [5.74, 6) is -0.441. The van der Waals surface area contributed by atoms with Gasteiger partial charge in [-0.15, -0.1) is 0 Å². The van der Waals surface area contributed by atoms with Crippen LogP contribution in [0.25, 0.3) is 10.9 Å². The van der Waals surface area contributed by atoms with Gasteiger partial charge in [0.05, 0.1) is 11.1 Å². The number of fused-ring (bicyclic) bond motifs is 1. The lowest BCUT2D eigenvalue weighted by molar-refractivity contribution is 0.100. The molecule has 106 valence electrons. The highest BCUT2D eigenvalue weighted by Gasteiger charge is 2.32. The molecule has 2 aromatic rings. The van der Waals surface area contributed by atoms with Gasteiger partial charge >= 0.3 is 0 Å². The molecule has 2 heterocycles. The van der Waals surface area contributed by atoms with Gasteiger partial charge in [0.15, 0.2) is 0 Å². The molecule has 3 N–H and O–H groups in total. The number of nitrogens with one attached hydrogen (secondary N) is 1. The van der Waals surface area contributed by atoms with E-state index in [2.05, 4.69) is 33.3 Å². The minimum absolute atomic E-state index is 0.0436. The fraction of sp³-hybridized carbons (Fsp3) is 0.429. The summed E-state index contributed by atoms with van der Waals surface area (Å²) in [7, 11) is 0. The zero-order valence-electron chi connectivity index (χ0n) is 11.3. The van der Waals surface area contributed by atoms with Gasteiger partial charge in [0, 0.05) is 5.39 Å². The molecule has 3 rings (SSSR count). The minimum atomic E-state index is -0.441. The smallest absolute Gasteiger partial charge is 0.250 e. The Morgan fingerprint density at radius 1 is 1.45 bits per heavy atom. The number of piperidine rings is 1. The molecular formula is C14H17BrN4O. The molecule has 20 heavy (non-hydrogen) atoms. The van der Waals surface area contributed by atoms with Gasteiger partial charge in [-0.05, 0) is 60.9 Å². The summed E-state index contributed by atoms with van der Waals surface area (Å²) in [6.45, 7) is 4.15. The van der Waals surface area contributed by atoms with E-state index in [0.717, 1.165) is 35.9 Å². The van der Waals surface area contributed by atoms with Crippen LogP contribution in [-0.2, 0) is 5.54 Å². The molecule has 0 spiro atoms. The van der Waals surface area contributed by atoms with E-state index in [-0.39, 0.29) is 5.54 Å². The van der Waals surface area contributed by atoms with Crippen LogP contribution in [-0.4, -0.2) is 28.8 Å². The number of carbonyl (C=O) groups excluding carboxylic acids is 1. The van der Waals surface area contributed by atoms with Crippen molar-refractivity contribution in [2.24, 2.45) is 5.73 Å². The van der Waals surface area contributed by atoms with Crippen LogP contribution >= 0.6 is 15.9 Å². The number of carbonyl (C=O) groups is 1. The summed E-state index contributed by atoms with van der Waals surface area (Å²) in [6, 6.07) is 5.52. The van der Waals surface area contributed by atoms with E-state index >= 15 is 0 Å². The van der Waals surface area contributed by atoms with Gasteiger partial charge in [-0.2, -0.15) is 5.10 Å². The Balaban J connectivity index is 2.20. The van der Waals surface area contributed by atoms with Crippen molar-refractivity contribution in [3.63, 3.8) is 0 Å². The van der Waals surface area contributed by atoms with Crippen molar-refractivity contribution in [1.29, 1.82) is 0 Å². The van der Waals surface area contributed by atoms with Crippen LogP contribution in [0.5, 0.6) is 0 Å². The number of benzene rings is 1. The van der Waals surface area contributed by atoms with Crippen molar-refractivity contribution in [3.8, 4) is 0 Å². The standard InChI is InChI=1S/C14H17BrN4O/c1-14(5-7-17-8-6-14)19-12(15)9-3-2-4-10(13(16)20)11(9)18-19/h2-4,17H,5-8H2,1H3,(H2,16,20). The number of halogens is 1. The van der Waals surface area contributed by atoms with Gasteiger partial charge in [0.25, 0.3) is 5.91 Å². The van der Waals surface area contributed by atoms with Gasteiger partial charge < -0.3 is 11.1 Å². The summed E-state index contributed by atoms with van der Waals surface area (Å²) in [6.07, 6.45) is 2.01. The molecule has 1 aliphatic rings. The first kappa shape index (κ1) is 13.6. The maximum Gasteiger partial charge on any atom is 0.250 e. The third-order valence-corrected chi connectivity index (χ3v) is 4.86. The van der Waals surface area contributed by atoms with E-state index in [1.165, 1.54) is 0 Å². The summed E-state index contributed by atoms with van der Waals surface area (Å²) in [5.41, 5.74) is 6.54. The molecule has 6 heteroatoms. The first-order valence-corrected chi connectivity index (χ1v) is 7.50.